The summed E-state index contributed by atoms with van der Waals surface area (Å²) in [6.07, 6.45) is 3.32. The first-order valence-electron chi connectivity index (χ1n) is 8.00. The molecule has 4 atom stereocenters. The van der Waals surface area contributed by atoms with Gasteiger partial charge in [0, 0.05) is 0 Å². The summed E-state index contributed by atoms with van der Waals surface area (Å²) in [5.74, 6) is 1.30. The molecule has 0 saturated heterocycles. The molecule has 0 heterocycles. The standard InChI is InChI=1S/C18H27NO2/c1-12(2)15-10-9-13(3)11-16(15)21-18(20)17(19)14-7-5-4-6-8-14/h4-8,12-13,15-17H,9-11,19H2,1-3H3/t13?,15?,16?,17-/m1/s1. The highest BCUT2D eigenvalue weighted by Gasteiger charge is 2.34. The van der Waals surface area contributed by atoms with E-state index in [0.29, 0.717) is 17.8 Å². The van der Waals surface area contributed by atoms with Gasteiger partial charge in [0.25, 0.3) is 0 Å². The Labute approximate surface area is 127 Å². The fourth-order valence-corrected chi connectivity index (χ4v) is 3.27. The molecule has 3 nitrogen and oxygen atoms in total. The number of ether oxygens (including phenoxy) is 1. The molecule has 1 aliphatic carbocycles. The monoisotopic (exact) mass is 289 g/mol. The van der Waals surface area contributed by atoms with E-state index in [1.807, 2.05) is 30.3 Å². The van der Waals surface area contributed by atoms with Gasteiger partial charge in [-0.25, -0.2) is 4.79 Å². The summed E-state index contributed by atoms with van der Waals surface area (Å²) in [6.45, 7) is 6.64. The summed E-state index contributed by atoms with van der Waals surface area (Å²) in [5, 5.41) is 0. The van der Waals surface area contributed by atoms with E-state index < -0.39 is 6.04 Å². The van der Waals surface area contributed by atoms with Gasteiger partial charge in [0.15, 0.2) is 0 Å². The highest BCUT2D eigenvalue weighted by molar-refractivity contribution is 5.77. The van der Waals surface area contributed by atoms with Crippen LogP contribution in [-0.4, -0.2) is 12.1 Å². The van der Waals surface area contributed by atoms with Gasteiger partial charge in [-0.3, -0.25) is 0 Å². The first-order chi connectivity index (χ1) is 9.99. The molecule has 1 aromatic rings. The zero-order valence-corrected chi connectivity index (χ0v) is 13.3. The molecule has 3 unspecified atom stereocenters. The van der Waals surface area contributed by atoms with Gasteiger partial charge >= 0.3 is 5.97 Å². The van der Waals surface area contributed by atoms with Crippen molar-refractivity contribution in [2.45, 2.75) is 52.2 Å². The Morgan fingerprint density at radius 1 is 1.24 bits per heavy atom. The predicted molar refractivity (Wildman–Crippen MR) is 84.6 cm³/mol. The lowest BCUT2D eigenvalue weighted by atomic mass is 9.75. The fraction of sp³-hybridized carbons (Fsp3) is 0.611. The number of nitrogens with two attached hydrogens (primary N) is 1. The quantitative estimate of drug-likeness (QED) is 0.860. The van der Waals surface area contributed by atoms with Crippen molar-refractivity contribution in [3.05, 3.63) is 35.9 Å². The zero-order valence-electron chi connectivity index (χ0n) is 13.3. The topological polar surface area (TPSA) is 52.3 Å². The minimum atomic E-state index is -0.684. The van der Waals surface area contributed by atoms with Crippen LogP contribution in [0.4, 0.5) is 0 Å². The van der Waals surface area contributed by atoms with E-state index in [0.717, 1.165) is 18.4 Å². The molecular formula is C18H27NO2. The molecule has 1 fully saturated rings. The van der Waals surface area contributed by atoms with Crippen LogP contribution in [0.15, 0.2) is 30.3 Å². The van der Waals surface area contributed by atoms with E-state index in [1.54, 1.807) is 0 Å². The Hall–Kier alpha value is -1.35. The molecule has 3 heteroatoms. The smallest absolute Gasteiger partial charge is 0.327 e. The SMILES string of the molecule is CC1CCC(C(C)C)C(OC(=O)[C@H](N)c2ccccc2)C1. The molecule has 0 radical (unpaired) electrons. The molecule has 116 valence electrons. The van der Waals surface area contributed by atoms with E-state index >= 15 is 0 Å². The van der Waals surface area contributed by atoms with Crippen LogP contribution < -0.4 is 5.73 Å². The second-order valence-electron chi connectivity index (χ2n) is 6.69. The minimum absolute atomic E-state index is 0.0102. The number of hydrogen-bond acceptors (Lipinski definition) is 3. The van der Waals surface area contributed by atoms with Crippen LogP contribution in [0.3, 0.4) is 0 Å². The van der Waals surface area contributed by atoms with Crippen LogP contribution in [0, 0.1) is 17.8 Å². The third-order valence-corrected chi connectivity index (χ3v) is 4.64. The van der Waals surface area contributed by atoms with Crippen LogP contribution >= 0.6 is 0 Å². The molecule has 0 aliphatic heterocycles. The van der Waals surface area contributed by atoms with Crippen LogP contribution in [0.25, 0.3) is 0 Å². The summed E-state index contributed by atoms with van der Waals surface area (Å²) < 4.78 is 5.79. The summed E-state index contributed by atoms with van der Waals surface area (Å²) in [4.78, 5) is 12.3. The molecule has 2 rings (SSSR count). The van der Waals surface area contributed by atoms with Crippen molar-refractivity contribution in [2.75, 3.05) is 0 Å². The largest absolute Gasteiger partial charge is 0.461 e. The maximum Gasteiger partial charge on any atom is 0.327 e. The number of hydrogen-bond donors (Lipinski definition) is 1. The highest BCUT2D eigenvalue weighted by atomic mass is 16.5. The molecule has 1 saturated carbocycles. The van der Waals surface area contributed by atoms with Crippen LogP contribution in [0.2, 0.25) is 0 Å². The third-order valence-electron chi connectivity index (χ3n) is 4.64. The van der Waals surface area contributed by atoms with Gasteiger partial charge in [0.2, 0.25) is 0 Å². The lowest BCUT2D eigenvalue weighted by Crippen LogP contribution is -2.38. The number of rotatable bonds is 4. The number of benzene rings is 1. The summed E-state index contributed by atoms with van der Waals surface area (Å²) in [5.41, 5.74) is 6.85. The van der Waals surface area contributed by atoms with Crippen molar-refractivity contribution in [2.24, 2.45) is 23.5 Å². The van der Waals surface area contributed by atoms with Crippen LogP contribution in [0.5, 0.6) is 0 Å². The maximum atomic E-state index is 12.3. The Morgan fingerprint density at radius 2 is 1.90 bits per heavy atom. The molecule has 2 N–H and O–H groups in total. The zero-order chi connectivity index (χ0) is 15.4. The molecule has 1 aliphatic rings. The summed E-state index contributed by atoms with van der Waals surface area (Å²) in [6, 6.07) is 8.75. The van der Waals surface area contributed by atoms with Crippen molar-refractivity contribution in [1.29, 1.82) is 0 Å². The van der Waals surface area contributed by atoms with Gasteiger partial charge in [0.05, 0.1) is 0 Å². The first kappa shape index (κ1) is 16.0. The van der Waals surface area contributed by atoms with Crippen molar-refractivity contribution in [3.8, 4) is 0 Å². The Bertz CT molecular complexity index is 458. The van der Waals surface area contributed by atoms with Gasteiger partial charge in [0.1, 0.15) is 12.1 Å². The van der Waals surface area contributed by atoms with Gasteiger partial charge < -0.3 is 10.5 Å². The molecular weight excluding hydrogens is 262 g/mol. The van der Waals surface area contributed by atoms with Gasteiger partial charge in [-0.05, 0) is 36.2 Å². The minimum Gasteiger partial charge on any atom is -0.461 e. The van der Waals surface area contributed by atoms with E-state index in [9.17, 15) is 4.79 Å². The lowest BCUT2D eigenvalue weighted by molar-refractivity contribution is -0.157. The van der Waals surface area contributed by atoms with Crippen LogP contribution in [0.1, 0.15) is 51.6 Å². The first-order valence-corrected chi connectivity index (χ1v) is 8.00. The van der Waals surface area contributed by atoms with E-state index in [4.69, 9.17) is 10.5 Å². The number of carbonyl (C=O) groups is 1. The Kier molecular flexibility index (Phi) is 5.40. The van der Waals surface area contributed by atoms with Crippen molar-refractivity contribution < 1.29 is 9.53 Å². The van der Waals surface area contributed by atoms with Crippen LogP contribution in [-0.2, 0) is 9.53 Å². The summed E-state index contributed by atoms with van der Waals surface area (Å²) >= 11 is 0. The van der Waals surface area contributed by atoms with E-state index in [1.165, 1.54) is 6.42 Å². The predicted octanol–water partition coefficient (Wildman–Crippen LogP) is 3.69. The Balaban J connectivity index is 2.02. The second kappa shape index (κ2) is 7.08. The van der Waals surface area contributed by atoms with E-state index in [-0.39, 0.29) is 12.1 Å². The highest BCUT2D eigenvalue weighted by Crippen LogP contribution is 2.35. The lowest BCUT2D eigenvalue weighted by Gasteiger charge is -2.37. The van der Waals surface area contributed by atoms with Gasteiger partial charge in [-0.15, -0.1) is 0 Å². The molecule has 0 aromatic heterocycles. The fourth-order valence-electron chi connectivity index (χ4n) is 3.27. The summed E-state index contributed by atoms with van der Waals surface area (Å²) in [7, 11) is 0. The molecule has 0 spiro atoms. The average Bonchev–Trinajstić information content (AvgIpc) is 2.47. The number of carbonyl (C=O) groups excluding carboxylic acids is 1. The normalized spacial score (nSPS) is 27.4. The Morgan fingerprint density at radius 3 is 2.52 bits per heavy atom. The van der Waals surface area contributed by atoms with Gasteiger partial charge in [-0.2, -0.15) is 0 Å². The van der Waals surface area contributed by atoms with Gasteiger partial charge in [-0.1, -0.05) is 57.5 Å². The molecule has 1 aromatic carbocycles. The van der Waals surface area contributed by atoms with Crippen molar-refractivity contribution >= 4 is 5.97 Å². The van der Waals surface area contributed by atoms with Crippen molar-refractivity contribution in [3.63, 3.8) is 0 Å². The molecule has 21 heavy (non-hydrogen) atoms. The molecule has 0 bridgehead atoms. The molecule has 0 amide bonds. The van der Waals surface area contributed by atoms with Crippen molar-refractivity contribution in [1.82, 2.24) is 0 Å². The maximum absolute atomic E-state index is 12.3. The number of esters is 1. The average molecular weight is 289 g/mol. The second-order valence-corrected chi connectivity index (χ2v) is 6.69. The third kappa shape index (κ3) is 4.07. The van der Waals surface area contributed by atoms with E-state index in [2.05, 4.69) is 20.8 Å².